The van der Waals surface area contributed by atoms with Crippen molar-refractivity contribution in [2.45, 2.75) is 36.9 Å². The molecule has 3 aromatic carbocycles. The molecule has 0 radical (unpaired) electrons. The van der Waals surface area contributed by atoms with Gasteiger partial charge in [-0.2, -0.15) is 0 Å². The Morgan fingerprint density at radius 1 is 0.694 bits per heavy atom. The van der Waals surface area contributed by atoms with E-state index in [0.29, 0.717) is 23.6 Å². The van der Waals surface area contributed by atoms with Gasteiger partial charge in [-0.25, -0.2) is 0 Å². The maximum atomic E-state index is 15.6. The van der Waals surface area contributed by atoms with Gasteiger partial charge in [-0.05, 0) is 0 Å². The number of fused-ring (bicyclic) bond motifs is 2. The average Bonchev–Trinajstić information content (AvgIpc) is 3.53. The Bertz CT molecular complexity index is 1210. The van der Waals surface area contributed by atoms with Gasteiger partial charge in [-0.15, -0.1) is 0 Å². The van der Waals surface area contributed by atoms with Crippen molar-refractivity contribution in [3.63, 3.8) is 0 Å². The van der Waals surface area contributed by atoms with Gasteiger partial charge in [0.05, 0.1) is 0 Å². The van der Waals surface area contributed by atoms with Gasteiger partial charge in [-0.3, -0.25) is 0 Å². The predicted molar refractivity (Wildman–Crippen MR) is 124 cm³/mol. The van der Waals surface area contributed by atoms with Gasteiger partial charge in [0.25, 0.3) is 0 Å². The number of hydrogen-bond donors (Lipinski definition) is 0. The van der Waals surface area contributed by atoms with E-state index in [9.17, 15) is 8.42 Å². The average molecular weight is 633 g/mol. The summed E-state index contributed by atoms with van der Waals surface area (Å²) in [5.74, 6) is -7.09. The Hall–Kier alpha value is -1.98. The van der Waals surface area contributed by atoms with Crippen molar-refractivity contribution in [3.05, 3.63) is 102 Å². The van der Waals surface area contributed by atoms with Crippen LogP contribution in [0.2, 0.25) is 0 Å². The molecule has 2 bridgehead atoms. The van der Waals surface area contributed by atoms with Crippen LogP contribution in [0.15, 0.2) is 91.0 Å². The van der Waals surface area contributed by atoms with Crippen LogP contribution in [0, 0.1) is 28.5 Å². The van der Waals surface area contributed by atoms with Crippen molar-refractivity contribution in [2.24, 2.45) is 17.8 Å². The fraction of sp³-hybridized carbons (Fsp3) is 0.333. The quantitative estimate of drug-likeness (QED) is 0.281. The van der Waals surface area contributed by atoms with Crippen LogP contribution in [0.4, 0.5) is 17.6 Å². The zero-order valence-electron chi connectivity index (χ0n) is 19.2. The Labute approximate surface area is 213 Å². The first-order valence-corrected chi connectivity index (χ1v) is 17.3. The van der Waals surface area contributed by atoms with Crippen molar-refractivity contribution in [1.82, 2.24) is 0 Å². The Morgan fingerprint density at radius 2 is 1.14 bits per heavy atom. The molecule has 5 rings (SSSR count). The first-order valence-electron chi connectivity index (χ1n) is 11.7. The van der Waals surface area contributed by atoms with Crippen molar-refractivity contribution >= 4 is 10.1 Å². The van der Waals surface area contributed by atoms with Gasteiger partial charge in [0.1, 0.15) is 0 Å². The summed E-state index contributed by atoms with van der Waals surface area (Å²) in [5, 5.41) is -5.39. The normalized spacial score (nSPS) is 23.1. The summed E-state index contributed by atoms with van der Waals surface area (Å²) >= 11 is -4.82. The third-order valence-corrected chi connectivity index (χ3v) is 18.9. The molecule has 9 heteroatoms. The molecule has 0 saturated heterocycles. The van der Waals surface area contributed by atoms with E-state index in [1.165, 1.54) is 0 Å². The van der Waals surface area contributed by atoms with Crippen LogP contribution < -0.4 is 18.8 Å². The molecule has 2 fully saturated rings. The van der Waals surface area contributed by atoms with Crippen LogP contribution in [0.3, 0.4) is 0 Å². The second-order valence-electron chi connectivity index (χ2n) is 9.34. The van der Waals surface area contributed by atoms with E-state index in [4.69, 9.17) is 2.51 Å². The Balaban J connectivity index is 1.66. The van der Waals surface area contributed by atoms with Crippen molar-refractivity contribution in [3.8, 4) is 0 Å². The maximum absolute atomic E-state index is 15.6. The molecule has 3 atom stereocenters. The van der Waals surface area contributed by atoms with E-state index in [0.717, 1.165) is 6.42 Å². The first kappa shape index (κ1) is 25.7. The molecule has 2 aliphatic carbocycles. The van der Waals surface area contributed by atoms with Gasteiger partial charge in [-0.1, -0.05) is 0 Å². The van der Waals surface area contributed by atoms with Gasteiger partial charge in [0, 0.05) is 0 Å². The summed E-state index contributed by atoms with van der Waals surface area (Å²) in [6.45, 7) is 0. The van der Waals surface area contributed by atoms with Crippen LogP contribution in [0.5, 0.6) is 0 Å². The summed E-state index contributed by atoms with van der Waals surface area (Å²) in [5.41, 5.74) is 0. The van der Waals surface area contributed by atoms with Crippen LogP contribution in [0.1, 0.15) is 25.7 Å². The van der Waals surface area contributed by atoms with Gasteiger partial charge in [0.2, 0.25) is 0 Å². The zero-order chi connectivity index (χ0) is 25.6. The standard InChI is InChI=1S/C27H26F4IO3S/c28-26(29,25-19-20-16-17-21(25)18-20)27(30,31)36(33,34)35-32(22-10-4-1-5-11-22,23-12-6-2-7-13-23)24-14-8-3-9-15-24/h1-15,20-21,25H,16-19H2/q-1. The predicted octanol–water partition coefficient (Wildman–Crippen LogP) is 3.68. The number of halogens is 5. The molecule has 0 heterocycles. The van der Waals surface area contributed by atoms with E-state index in [1.807, 2.05) is 0 Å². The summed E-state index contributed by atoms with van der Waals surface area (Å²) in [6.07, 6.45) is 1.49. The molecule has 3 nitrogen and oxygen atoms in total. The fourth-order valence-corrected chi connectivity index (χ4v) is 17.6. The first-order chi connectivity index (χ1) is 17.1. The SMILES string of the molecule is O=S(=O)(O[I-](c1ccccc1)(c1ccccc1)c1ccccc1)C(F)(F)C(F)(F)C1CC2CCC1C2. The van der Waals surface area contributed by atoms with E-state index < -0.39 is 52.0 Å². The third-order valence-electron chi connectivity index (χ3n) is 7.20. The van der Waals surface area contributed by atoms with Crippen molar-refractivity contribution in [2.75, 3.05) is 0 Å². The molecule has 3 unspecified atom stereocenters. The van der Waals surface area contributed by atoms with Crippen LogP contribution in [-0.4, -0.2) is 19.6 Å². The Kier molecular flexibility index (Phi) is 6.70. The molecule has 0 aromatic heterocycles. The minimum atomic E-state index is -6.08. The van der Waals surface area contributed by atoms with Crippen LogP contribution in [-0.2, 0) is 12.6 Å². The van der Waals surface area contributed by atoms with Crippen LogP contribution in [0.25, 0.3) is 0 Å². The second-order valence-corrected chi connectivity index (χ2v) is 18.6. The van der Waals surface area contributed by atoms with E-state index in [2.05, 4.69) is 0 Å². The molecule has 3 aromatic rings. The van der Waals surface area contributed by atoms with Gasteiger partial charge < -0.3 is 0 Å². The Morgan fingerprint density at radius 3 is 1.50 bits per heavy atom. The molecule has 0 N–H and O–H groups in total. The number of hydrogen-bond acceptors (Lipinski definition) is 3. The second kappa shape index (κ2) is 9.40. The summed E-state index contributed by atoms with van der Waals surface area (Å²) in [4.78, 5) is 0. The fourth-order valence-electron chi connectivity index (χ4n) is 5.50. The summed E-state index contributed by atoms with van der Waals surface area (Å²) in [7, 11) is -6.08. The zero-order valence-corrected chi connectivity index (χ0v) is 22.2. The minimum absolute atomic E-state index is 0.0560. The van der Waals surface area contributed by atoms with E-state index >= 15 is 17.6 Å². The monoisotopic (exact) mass is 633 g/mol. The van der Waals surface area contributed by atoms with Gasteiger partial charge >= 0.3 is 214 Å². The van der Waals surface area contributed by atoms with Crippen molar-refractivity contribution in [1.29, 1.82) is 0 Å². The number of alkyl halides is 4. The van der Waals surface area contributed by atoms with Crippen molar-refractivity contribution < 1.29 is 47.3 Å². The molecule has 0 amide bonds. The van der Waals surface area contributed by atoms with Gasteiger partial charge in [0.15, 0.2) is 0 Å². The molecule has 0 aliphatic heterocycles. The van der Waals surface area contributed by atoms with Crippen LogP contribution >= 0.6 is 0 Å². The molecule has 2 aliphatic rings. The van der Waals surface area contributed by atoms with E-state index in [1.54, 1.807) is 91.0 Å². The number of rotatable bonds is 8. The molecule has 0 spiro atoms. The summed E-state index contributed by atoms with van der Waals surface area (Å²) < 4.78 is 95.7. The molecule has 36 heavy (non-hydrogen) atoms. The topological polar surface area (TPSA) is 43.4 Å². The molecular formula is C27H26F4IO3S-. The number of benzene rings is 3. The molecule has 194 valence electrons. The molecular weight excluding hydrogens is 607 g/mol. The third kappa shape index (κ3) is 4.07. The summed E-state index contributed by atoms with van der Waals surface area (Å²) in [6, 6.07) is 24.7. The molecule has 2 saturated carbocycles. The van der Waals surface area contributed by atoms with E-state index in [-0.39, 0.29) is 12.3 Å².